The number of rotatable bonds is 14. The molecule has 9 atom stereocenters. The van der Waals surface area contributed by atoms with Crippen LogP contribution in [0.25, 0.3) is 0 Å². The van der Waals surface area contributed by atoms with E-state index in [9.17, 15) is 5.11 Å². The number of aliphatic hydroxyl groups excluding tert-OH is 1. The van der Waals surface area contributed by atoms with Crippen molar-refractivity contribution in [2.24, 2.45) is 11.8 Å². The van der Waals surface area contributed by atoms with Gasteiger partial charge in [-0.1, -0.05) is 77.1 Å². The lowest BCUT2D eigenvalue weighted by molar-refractivity contribution is -0.410. The number of hydrogen-bond donors (Lipinski definition) is 1. The molecule has 0 aromatic heterocycles. The van der Waals surface area contributed by atoms with Gasteiger partial charge in [0.1, 0.15) is 0 Å². The first-order valence-electron chi connectivity index (χ1n) is 16.5. The van der Waals surface area contributed by atoms with Crippen LogP contribution in [0.2, 0.25) is 18.1 Å². The van der Waals surface area contributed by atoms with E-state index in [1.54, 1.807) is 7.11 Å². The third-order valence-electron chi connectivity index (χ3n) is 10.1. The summed E-state index contributed by atoms with van der Waals surface area (Å²) in [5.41, 5.74) is 1.16. The summed E-state index contributed by atoms with van der Waals surface area (Å²) in [5.74, 6) is -1.53. The smallest absolute Gasteiger partial charge is 0.192 e. The number of ether oxygens (including phenoxy) is 5. The average Bonchev–Trinajstić information content (AvgIpc) is 3.37. The third-order valence-corrected chi connectivity index (χ3v) is 15.3. The number of aliphatic hydroxyl groups is 1. The van der Waals surface area contributed by atoms with Gasteiger partial charge >= 0.3 is 0 Å². The predicted octanol–water partition coefficient (Wildman–Crippen LogP) is 7.21. The Labute approximate surface area is 265 Å². The maximum absolute atomic E-state index is 9.55. The van der Waals surface area contributed by atoms with Crippen molar-refractivity contribution in [3.8, 4) is 0 Å². The summed E-state index contributed by atoms with van der Waals surface area (Å²) in [4.78, 5) is 0. The highest BCUT2D eigenvalue weighted by atomic mass is 35.5. The van der Waals surface area contributed by atoms with Crippen molar-refractivity contribution in [2.75, 3.05) is 20.3 Å². The van der Waals surface area contributed by atoms with Crippen molar-refractivity contribution in [3.05, 3.63) is 48.0 Å². The molecule has 0 amide bonds. The van der Waals surface area contributed by atoms with E-state index in [1.807, 2.05) is 37.3 Å². The molecule has 7 nitrogen and oxygen atoms in total. The van der Waals surface area contributed by atoms with Crippen molar-refractivity contribution < 1.29 is 33.2 Å². The lowest BCUT2D eigenvalue weighted by atomic mass is 9.83. The minimum absolute atomic E-state index is 0.00560. The Morgan fingerprint density at radius 3 is 2.47 bits per heavy atom. The average molecular weight is 639 g/mol. The fourth-order valence-electron chi connectivity index (χ4n) is 6.88. The van der Waals surface area contributed by atoms with Gasteiger partial charge in [0, 0.05) is 45.5 Å². The molecule has 3 fully saturated rings. The molecule has 3 aliphatic rings. The topological polar surface area (TPSA) is 75.6 Å². The molecule has 1 aromatic carbocycles. The molecule has 0 radical (unpaired) electrons. The van der Waals surface area contributed by atoms with Crippen molar-refractivity contribution >= 4 is 19.9 Å². The van der Waals surface area contributed by atoms with E-state index in [2.05, 4.69) is 39.8 Å². The zero-order chi connectivity index (χ0) is 31.1. The van der Waals surface area contributed by atoms with Crippen LogP contribution in [-0.4, -0.2) is 75.1 Å². The minimum Gasteiger partial charge on any atom is -0.411 e. The molecule has 43 heavy (non-hydrogen) atoms. The van der Waals surface area contributed by atoms with Gasteiger partial charge in [0.2, 0.25) is 0 Å². The van der Waals surface area contributed by atoms with Crippen molar-refractivity contribution in [2.45, 2.75) is 133 Å². The third kappa shape index (κ3) is 8.32. The highest BCUT2D eigenvalue weighted by Gasteiger charge is 2.61. The molecule has 9 heteroatoms. The number of hydrogen-bond acceptors (Lipinski definition) is 7. The normalized spacial score (nSPS) is 35.7. The maximum Gasteiger partial charge on any atom is 0.192 e. The lowest BCUT2D eigenvalue weighted by Gasteiger charge is -2.53. The Hall–Kier alpha value is -0.813. The van der Waals surface area contributed by atoms with Gasteiger partial charge in [-0.3, -0.25) is 0 Å². The number of methoxy groups -OCH3 is 1. The molecule has 3 aliphatic heterocycles. The summed E-state index contributed by atoms with van der Waals surface area (Å²) in [6, 6.07) is 13.5. The van der Waals surface area contributed by atoms with E-state index >= 15 is 0 Å². The number of halogens is 1. The molecule has 3 heterocycles. The molecular weight excluding hydrogens is 584 g/mol. The lowest BCUT2D eigenvalue weighted by Crippen LogP contribution is -2.61. The Kier molecular flexibility index (Phi) is 12.8. The Morgan fingerprint density at radius 2 is 1.81 bits per heavy atom. The van der Waals surface area contributed by atoms with Crippen LogP contribution in [0.4, 0.5) is 0 Å². The van der Waals surface area contributed by atoms with E-state index in [0.717, 1.165) is 43.0 Å². The first kappa shape index (κ1) is 35.0. The van der Waals surface area contributed by atoms with Gasteiger partial charge in [-0.05, 0) is 42.5 Å². The molecule has 1 aromatic rings. The largest absolute Gasteiger partial charge is 0.411 e. The molecule has 0 saturated carbocycles. The van der Waals surface area contributed by atoms with Crippen LogP contribution < -0.4 is 0 Å². The fourth-order valence-corrected chi connectivity index (χ4v) is 10.1. The van der Waals surface area contributed by atoms with E-state index in [-0.39, 0.29) is 42.1 Å². The van der Waals surface area contributed by atoms with Crippen molar-refractivity contribution in [1.82, 2.24) is 0 Å². The monoisotopic (exact) mass is 638 g/mol. The summed E-state index contributed by atoms with van der Waals surface area (Å²) < 4.78 is 40.0. The molecule has 0 bridgehead atoms. The summed E-state index contributed by atoms with van der Waals surface area (Å²) in [7, 11) is -0.214. The van der Waals surface area contributed by atoms with Crippen LogP contribution >= 0.6 is 11.6 Å². The first-order valence-corrected chi connectivity index (χ1v) is 19.4. The van der Waals surface area contributed by atoms with Gasteiger partial charge in [0.05, 0.1) is 36.4 Å². The van der Waals surface area contributed by atoms with Gasteiger partial charge in [0.15, 0.2) is 19.9 Å². The molecule has 1 N–H and O–H groups in total. The zero-order valence-electron chi connectivity index (χ0n) is 27.1. The van der Waals surface area contributed by atoms with E-state index in [0.29, 0.717) is 26.1 Å². The fraction of sp³-hybridized carbons (Fsp3) is 0.765. The van der Waals surface area contributed by atoms with E-state index < -0.39 is 26.0 Å². The van der Waals surface area contributed by atoms with Crippen LogP contribution in [-0.2, 0) is 34.7 Å². The van der Waals surface area contributed by atoms with E-state index in [1.165, 1.54) is 0 Å². The zero-order valence-corrected chi connectivity index (χ0v) is 28.9. The highest BCUT2D eigenvalue weighted by molar-refractivity contribution is 6.73. The second kappa shape index (κ2) is 15.7. The molecule has 244 valence electrons. The number of alkyl halides is 1. The van der Waals surface area contributed by atoms with Gasteiger partial charge in [-0.15, -0.1) is 11.6 Å². The van der Waals surface area contributed by atoms with Crippen LogP contribution in [0.15, 0.2) is 42.5 Å². The van der Waals surface area contributed by atoms with Crippen molar-refractivity contribution in [3.63, 3.8) is 0 Å². The van der Waals surface area contributed by atoms with Gasteiger partial charge in [0.25, 0.3) is 0 Å². The van der Waals surface area contributed by atoms with Crippen LogP contribution in [0, 0.1) is 11.8 Å². The molecular formula is C34H55ClO7Si. The van der Waals surface area contributed by atoms with E-state index in [4.69, 9.17) is 39.7 Å². The summed E-state index contributed by atoms with van der Waals surface area (Å²) in [5, 5.41) is 9.19. The quantitative estimate of drug-likeness (QED) is 0.0999. The summed E-state index contributed by atoms with van der Waals surface area (Å²) in [6.45, 7) is 12.2. The Bertz CT molecular complexity index is 1000. The van der Waals surface area contributed by atoms with Gasteiger partial charge in [-0.25, -0.2) is 0 Å². The van der Waals surface area contributed by atoms with Gasteiger partial charge in [-0.2, -0.15) is 0 Å². The second-order valence-electron chi connectivity index (χ2n) is 12.9. The maximum atomic E-state index is 9.55. The summed E-state index contributed by atoms with van der Waals surface area (Å²) in [6.07, 6.45) is 6.64. The predicted molar refractivity (Wildman–Crippen MR) is 173 cm³/mol. The van der Waals surface area contributed by atoms with Crippen LogP contribution in [0.5, 0.6) is 0 Å². The second-order valence-corrected chi connectivity index (χ2v) is 18.1. The Morgan fingerprint density at radius 1 is 1.09 bits per heavy atom. The molecule has 4 rings (SSSR count). The van der Waals surface area contributed by atoms with Crippen molar-refractivity contribution in [1.29, 1.82) is 0 Å². The Balaban J connectivity index is 1.55. The molecule has 0 unspecified atom stereocenters. The SMILES string of the molecule is CC[Si](CC)(CC)O[C@H]1C[C@@]2(O[C@H]1CCOCc1ccccc1)O[C@]1(CC[C@@H]2C)C[C@@H](OC)[C@H](Cl)[C@@H](/C=C/[C@H](C)CO)O1. The summed E-state index contributed by atoms with van der Waals surface area (Å²) >= 11 is 6.86. The van der Waals surface area contributed by atoms with Crippen LogP contribution in [0.3, 0.4) is 0 Å². The molecule has 3 saturated heterocycles. The molecule has 2 spiro atoms. The van der Waals surface area contributed by atoms with Crippen LogP contribution in [0.1, 0.15) is 72.3 Å². The minimum atomic E-state index is -1.91. The molecule has 0 aliphatic carbocycles. The standard InChI is InChI=1S/C34H55ClO7Si/c1-7-43(8-2,9-3)41-30-22-34(40-28(30)18-20-38-24-27-13-11-10-12-14-27)26(5)17-19-33(42-34)21-31(37-6)32(35)29(39-33)16-15-25(4)23-36/h10-16,25-26,28-32,36H,7-9,17-24H2,1-6H3/b16-15+/t25-,26-,28-,29+,30-,31+,32+,33+,34+/m0/s1. The highest BCUT2D eigenvalue weighted by Crippen LogP contribution is 2.53. The number of benzene rings is 1. The first-order chi connectivity index (χ1) is 20.7. The van der Waals surface area contributed by atoms with Gasteiger partial charge < -0.3 is 33.2 Å².